The second-order valence-electron chi connectivity index (χ2n) is 6.45. The number of halogens is 1. The van der Waals surface area contributed by atoms with Gasteiger partial charge in [-0.1, -0.05) is 22.9 Å². The number of hydrogen-bond donors (Lipinski definition) is 0. The van der Waals surface area contributed by atoms with Crippen molar-refractivity contribution in [2.45, 2.75) is 0 Å². The highest BCUT2D eigenvalue weighted by Gasteiger charge is 2.26. The van der Waals surface area contributed by atoms with Gasteiger partial charge in [-0.25, -0.2) is 4.98 Å². The van der Waals surface area contributed by atoms with Crippen molar-refractivity contribution in [2.24, 2.45) is 0 Å². The number of nitrogens with zero attached hydrogens (tertiary/aromatic N) is 3. The molecule has 0 N–H and O–H groups in total. The van der Waals surface area contributed by atoms with E-state index in [0.29, 0.717) is 29.4 Å². The highest BCUT2D eigenvalue weighted by Crippen LogP contribution is 2.32. The predicted octanol–water partition coefficient (Wildman–Crippen LogP) is 3.93. The number of rotatable bonds is 4. The maximum atomic E-state index is 12.9. The zero-order valence-corrected chi connectivity index (χ0v) is 17.2. The zero-order chi connectivity index (χ0) is 19.7. The first-order valence-electron chi connectivity index (χ1n) is 8.91. The van der Waals surface area contributed by atoms with E-state index in [0.717, 1.165) is 34.2 Å². The monoisotopic (exact) mass is 417 g/mol. The van der Waals surface area contributed by atoms with Crippen molar-refractivity contribution >= 4 is 44.2 Å². The van der Waals surface area contributed by atoms with Crippen LogP contribution < -0.4 is 14.4 Å². The molecule has 8 heteroatoms. The van der Waals surface area contributed by atoms with Crippen molar-refractivity contribution in [3.63, 3.8) is 0 Å². The second kappa shape index (κ2) is 7.85. The molecule has 1 saturated heterocycles. The van der Waals surface area contributed by atoms with Crippen molar-refractivity contribution in [3.05, 3.63) is 47.0 Å². The van der Waals surface area contributed by atoms with Gasteiger partial charge >= 0.3 is 0 Å². The third kappa shape index (κ3) is 3.59. The average Bonchev–Trinajstić information content (AvgIpc) is 3.16. The van der Waals surface area contributed by atoms with E-state index in [-0.39, 0.29) is 5.91 Å². The Morgan fingerprint density at radius 1 is 1.07 bits per heavy atom. The Bertz CT molecular complexity index is 1020. The summed E-state index contributed by atoms with van der Waals surface area (Å²) in [7, 11) is 3.22. The summed E-state index contributed by atoms with van der Waals surface area (Å²) in [6.07, 6.45) is 0. The summed E-state index contributed by atoms with van der Waals surface area (Å²) < 4.78 is 11.7. The van der Waals surface area contributed by atoms with Crippen molar-refractivity contribution in [1.29, 1.82) is 0 Å². The minimum atomic E-state index is -0.0620. The first kappa shape index (κ1) is 18.8. The number of amides is 1. The standard InChI is InChI=1S/C20H20ClN3O3S/c1-26-14-4-5-16-18(12-14)28-20(22-16)24-9-7-23(8-10-24)19(25)15-11-13(21)3-6-17(15)27-2/h3-6,11-12H,7-10H2,1-2H3. The lowest BCUT2D eigenvalue weighted by Gasteiger charge is -2.34. The second-order valence-corrected chi connectivity index (χ2v) is 7.90. The fraction of sp³-hybridized carbons (Fsp3) is 0.300. The maximum Gasteiger partial charge on any atom is 0.257 e. The van der Waals surface area contributed by atoms with E-state index in [9.17, 15) is 4.79 Å². The van der Waals surface area contributed by atoms with Crippen molar-refractivity contribution in [3.8, 4) is 11.5 Å². The summed E-state index contributed by atoms with van der Waals surface area (Å²) in [5.74, 6) is 1.30. The Kier molecular flexibility index (Phi) is 5.28. The molecule has 0 bridgehead atoms. The number of ether oxygens (including phenoxy) is 2. The molecule has 28 heavy (non-hydrogen) atoms. The van der Waals surface area contributed by atoms with Gasteiger partial charge in [0.2, 0.25) is 0 Å². The number of benzene rings is 2. The van der Waals surface area contributed by atoms with E-state index in [4.69, 9.17) is 26.1 Å². The van der Waals surface area contributed by atoms with Crippen LogP contribution in [0.1, 0.15) is 10.4 Å². The molecular formula is C20H20ClN3O3S. The number of fused-ring (bicyclic) bond motifs is 1. The molecule has 1 fully saturated rings. The molecule has 1 aliphatic heterocycles. The number of carbonyl (C=O) groups excluding carboxylic acids is 1. The molecule has 2 aromatic carbocycles. The fourth-order valence-corrected chi connectivity index (χ4v) is 4.49. The van der Waals surface area contributed by atoms with Crippen LogP contribution >= 0.6 is 22.9 Å². The SMILES string of the molecule is COc1ccc2nc(N3CCN(C(=O)c4cc(Cl)ccc4OC)CC3)sc2c1. The molecule has 0 atom stereocenters. The minimum absolute atomic E-state index is 0.0620. The highest BCUT2D eigenvalue weighted by atomic mass is 35.5. The van der Waals surface area contributed by atoms with Crippen LogP contribution in [0.5, 0.6) is 11.5 Å². The predicted molar refractivity (Wildman–Crippen MR) is 112 cm³/mol. The van der Waals surface area contributed by atoms with Crippen LogP contribution in [-0.4, -0.2) is 56.2 Å². The van der Waals surface area contributed by atoms with Crippen LogP contribution in [0.15, 0.2) is 36.4 Å². The van der Waals surface area contributed by atoms with Gasteiger partial charge in [-0.3, -0.25) is 4.79 Å². The molecule has 0 spiro atoms. The summed E-state index contributed by atoms with van der Waals surface area (Å²) in [5, 5.41) is 1.49. The summed E-state index contributed by atoms with van der Waals surface area (Å²) in [6, 6.07) is 11.0. The third-order valence-electron chi connectivity index (χ3n) is 4.81. The topological polar surface area (TPSA) is 54.9 Å². The molecule has 0 aliphatic carbocycles. The number of anilines is 1. The van der Waals surface area contributed by atoms with Gasteiger partial charge < -0.3 is 19.3 Å². The van der Waals surface area contributed by atoms with Gasteiger partial charge in [-0.05, 0) is 36.4 Å². The Hall–Kier alpha value is -2.51. The Labute approximate surface area is 172 Å². The molecule has 3 aromatic rings. The van der Waals surface area contributed by atoms with Gasteiger partial charge in [0.25, 0.3) is 5.91 Å². The van der Waals surface area contributed by atoms with Crippen LogP contribution in [-0.2, 0) is 0 Å². The molecule has 1 aromatic heterocycles. The first-order chi connectivity index (χ1) is 13.6. The molecular weight excluding hydrogens is 398 g/mol. The maximum absolute atomic E-state index is 12.9. The van der Waals surface area contributed by atoms with Crippen molar-refractivity contribution in [1.82, 2.24) is 9.88 Å². The number of aromatic nitrogens is 1. The smallest absolute Gasteiger partial charge is 0.257 e. The number of hydrogen-bond acceptors (Lipinski definition) is 6. The number of thiazole rings is 1. The average molecular weight is 418 g/mol. The minimum Gasteiger partial charge on any atom is -0.497 e. The molecule has 0 saturated carbocycles. The van der Waals surface area contributed by atoms with Crippen LogP contribution in [0.2, 0.25) is 5.02 Å². The van der Waals surface area contributed by atoms with Crippen molar-refractivity contribution < 1.29 is 14.3 Å². The van der Waals surface area contributed by atoms with Crippen LogP contribution in [0.4, 0.5) is 5.13 Å². The Balaban J connectivity index is 1.47. The molecule has 1 aliphatic rings. The largest absolute Gasteiger partial charge is 0.497 e. The Morgan fingerprint density at radius 2 is 1.86 bits per heavy atom. The number of carbonyl (C=O) groups is 1. The molecule has 0 radical (unpaired) electrons. The van der Waals surface area contributed by atoms with Crippen LogP contribution in [0.3, 0.4) is 0 Å². The van der Waals surface area contributed by atoms with Gasteiger partial charge in [0.15, 0.2) is 5.13 Å². The van der Waals surface area contributed by atoms with Gasteiger partial charge in [-0.15, -0.1) is 0 Å². The summed E-state index contributed by atoms with van der Waals surface area (Å²) in [4.78, 5) is 21.7. The fourth-order valence-electron chi connectivity index (χ4n) is 3.27. The van der Waals surface area contributed by atoms with E-state index < -0.39 is 0 Å². The van der Waals surface area contributed by atoms with Gasteiger partial charge in [0.05, 0.1) is 30.0 Å². The molecule has 2 heterocycles. The molecule has 6 nitrogen and oxygen atoms in total. The van der Waals surface area contributed by atoms with E-state index in [2.05, 4.69) is 4.90 Å². The van der Waals surface area contributed by atoms with Gasteiger partial charge in [0, 0.05) is 31.2 Å². The summed E-state index contributed by atoms with van der Waals surface area (Å²) >= 11 is 7.71. The highest BCUT2D eigenvalue weighted by molar-refractivity contribution is 7.22. The van der Waals surface area contributed by atoms with E-state index in [1.165, 1.54) is 0 Å². The van der Waals surface area contributed by atoms with E-state index >= 15 is 0 Å². The van der Waals surface area contributed by atoms with Crippen LogP contribution in [0.25, 0.3) is 10.2 Å². The molecule has 4 rings (SSSR count). The normalized spacial score (nSPS) is 14.4. The Morgan fingerprint density at radius 3 is 2.57 bits per heavy atom. The van der Waals surface area contributed by atoms with E-state index in [1.807, 2.05) is 23.1 Å². The number of methoxy groups -OCH3 is 2. The molecule has 0 unspecified atom stereocenters. The van der Waals surface area contributed by atoms with Crippen LogP contribution in [0, 0.1) is 0 Å². The molecule has 1 amide bonds. The first-order valence-corrected chi connectivity index (χ1v) is 10.1. The number of piperazine rings is 1. The lowest BCUT2D eigenvalue weighted by Crippen LogP contribution is -2.48. The van der Waals surface area contributed by atoms with Gasteiger partial charge in [-0.2, -0.15) is 0 Å². The quantitative estimate of drug-likeness (QED) is 0.643. The molecule has 146 valence electrons. The van der Waals surface area contributed by atoms with Gasteiger partial charge in [0.1, 0.15) is 11.5 Å². The third-order valence-corrected chi connectivity index (χ3v) is 6.13. The van der Waals surface area contributed by atoms with E-state index in [1.54, 1.807) is 43.8 Å². The summed E-state index contributed by atoms with van der Waals surface area (Å²) in [5.41, 5.74) is 1.46. The lowest BCUT2D eigenvalue weighted by atomic mass is 10.1. The lowest BCUT2D eigenvalue weighted by molar-refractivity contribution is 0.0743. The zero-order valence-electron chi connectivity index (χ0n) is 15.6. The summed E-state index contributed by atoms with van der Waals surface area (Å²) in [6.45, 7) is 2.69. The van der Waals surface area contributed by atoms with Crippen molar-refractivity contribution in [2.75, 3.05) is 45.3 Å².